The smallest absolute Gasteiger partial charge is 0.226 e. The predicted molar refractivity (Wildman–Crippen MR) is 104 cm³/mol. The molecule has 1 N–H and O–H groups in total. The van der Waals surface area contributed by atoms with E-state index in [4.69, 9.17) is 5.10 Å². The van der Waals surface area contributed by atoms with Crippen molar-refractivity contribution in [1.82, 2.24) is 29.5 Å². The molecule has 0 spiro atoms. The Morgan fingerprint density at radius 1 is 1.30 bits per heavy atom. The van der Waals surface area contributed by atoms with E-state index in [0.717, 1.165) is 48.8 Å². The Kier molecular flexibility index (Phi) is 4.77. The first-order chi connectivity index (χ1) is 13.1. The maximum atomic E-state index is 12.2. The van der Waals surface area contributed by atoms with Gasteiger partial charge < -0.3 is 10.2 Å². The molecule has 0 bridgehead atoms. The van der Waals surface area contributed by atoms with Crippen LogP contribution in [0.4, 0.5) is 0 Å². The molecule has 2 aromatic heterocycles. The minimum Gasteiger partial charge on any atom is -0.349 e. The van der Waals surface area contributed by atoms with E-state index >= 15 is 0 Å². The normalized spacial score (nSPS) is 13.9. The summed E-state index contributed by atoms with van der Waals surface area (Å²) in [6, 6.07) is 10.1. The number of nitrogens with zero attached hydrogens (tertiary/aromatic N) is 5. The fourth-order valence-electron chi connectivity index (χ4n) is 3.37. The van der Waals surface area contributed by atoms with Crippen LogP contribution in [-0.4, -0.2) is 50.8 Å². The second-order valence-electron chi connectivity index (χ2n) is 6.99. The number of para-hydroxylation sites is 1. The Morgan fingerprint density at radius 2 is 2.15 bits per heavy atom. The molecule has 4 rings (SSSR count). The van der Waals surface area contributed by atoms with Gasteiger partial charge in [0.15, 0.2) is 5.82 Å². The van der Waals surface area contributed by atoms with Crippen molar-refractivity contribution in [2.75, 3.05) is 20.6 Å². The molecule has 1 aromatic carbocycles. The van der Waals surface area contributed by atoms with Crippen LogP contribution in [-0.2, 0) is 24.3 Å². The van der Waals surface area contributed by atoms with E-state index < -0.39 is 0 Å². The lowest BCUT2D eigenvalue weighted by Gasteiger charge is -2.14. The van der Waals surface area contributed by atoms with Crippen LogP contribution in [0, 0.1) is 0 Å². The van der Waals surface area contributed by atoms with Gasteiger partial charge in [-0.25, -0.2) is 4.98 Å². The van der Waals surface area contributed by atoms with Crippen molar-refractivity contribution in [3.05, 3.63) is 54.0 Å². The number of carbonyl (C=O) groups excluding carboxylic acids is 1. The lowest BCUT2D eigenvalue weighted by molar-refractivity contribution is -0.127. The van der Waals surface area contributed by atoms with Gasteiger partial charge in [-0.15, -0.1) is 0 Å². The summed E-state index contributed by atoms with van der Waals surface area (Å²) in [7, 11) is 3.56. The predicted octanol–water partition coefficient (Wildman–Crippen LogP) is 1.86. The maximum absolute atomic E-state index is 12.2. The zero-order valence-electron chi connectivity index (χ0n) is 15.7. The van der Waals surface area contributed by atoms with Gasteiger partial charge in [0.05, 0.1) is 17.8 Å². The van der Waals surface area contributed by atoms with Crippen molar-refractivity contribution < 1.29 is 4.79 Å². The van der Waals surface area contributed by atoms with Crippen molar-refractivity contribution in [2.45, 2.75) is 25.9 Å². The van der Waals surface area contributed by atoms with Crippen molar-refractivity contribution in [2.24, 2.45) is 0 Å². The van der Waals surface area contributed by atoms with Gasteiger partial charge >= 0.3 is 0 Å². The summed E-state index contributed by atoms with van der Waals surface area (Å²) in [5, 5.41) is 8.20. The van der Waals surface area contributed by atoms with Crippen LogP contribution in [0.25, 0.3) is 17.2 Å². The third kappa shape index (κ3) is 3.50. The molecule has 140 valence electrons. The van der Waals surface area contributed by atoms with E-state index in [0.29, 0.717) is 6.42 Å². The van der Waals surface area contributed by atoms with Crippen LogP contribution in [0.3, 0.4) is 0 Å². The number of hydrogen-bond donors (Lipinski definition) is 1. The van der Waals surface area contributed by atoms with Crippen molar-refractivity contribution in [3.8, 4) is 17.2 Å². The molecule has 0 fully saturated rings. The number of likely N-dealkylation sites (N-methyl/N-ethyl adjacent to an activating group) is 1. The minimum atomic E-state index is 0.0731. The molecule has 0 aliphatic carbocycles. The monoisotopic (exact) mass is 364 g/mol. The SMILES string of the molecule is CN(C)C(=O)Cc1ccccc1-n1ccnc1-c1cc2n(n1)CCCNC2. The largest absolute Gasteiger partial charge is 0.349 e. The van der Waals surface area contributed by atoms with Gasteiger partial charge in [-0.05, 0) is 30.7 Å². The standard InChI is InChI=1S/C20H24N6O/c1-24(2)19(27)12-15-6-3-4-7-18(15)25-11-9-22-20(25)17-13-16-14-21-8-5-10-26(16)23-17/h3-4,6-7,9,11,13,21H,5,8,10,12,14H2,1-2H3. The second kappa shape index (κ2) is 7.36. The summed E-state index contributed by atoms with van der Waals surface area (Å²) < 4.78 is 4.09. The van der Waals surface area contributed by atoms with Crippen LogP contribution in [0.5, 0.6) is 0 Å². The highest BCUT2D eigenvalue weighted by atomic mass is 16.2. The van der Waals surface area contributed by atoms with Gasteiger partial charge in [0.1, 0.15) is 5.69 Å². The molecule has 0 atom stereocenters. The summed E-state index contributed by atoms with van der Waals surface area (Å²) in [5.74, 6) is 0.865. The van der Waals surface area contributed by atoms with Gasteiger partial charge in [-0.3, -0.25) is 14.0 Å². The van der Waals surface area contributed by atoms with Gasteiger partial charge in [0.25, 0.3) is 0 Å². The Labute approximate surface area is 158 Å². The summed E-state index contributed by atoms with van der Waals surface area (Å²) >= 11 is 0. The second-order valence-corrected chi connectivity index (χ2v) is 6.99. The third-order valence-corrected chi connectivity index (χ3v) is 4.85. The summed E-state index contributed by atoms with van der Waals surface area (Å²) in [5.41, 5.74) is 3.96. The molecule has 7 nitrogen and oxygen atoms in total. The number of imidazole rings is 1. The van der Waals surface area contributed by atoms with Crippen molar-refractivity contribution >= 4 is 5.91 Å². The highest BCUT2D eigenvalue weighted by molar-refractivity contribution is 5.79. The lowest BCUT2D eigenvalue weighted by atomic mass is 10.1. The Hall–Kier alpha value is -2.93. The molecule has 0 radical (unpaired) electrons. The number of nitrogens with one attached hydrogen (secondary N) is 1. The lowest BCUT2D eigenvalue weighted by Crippen LogP contribution is -2.24. The van der Waals surface area contributed by atoms with Crippen LogP contribution in [0.2, 0.25) is 0 Å². The molecular weight excluding hydrogens is 340 g/mol. The first-order valence-corrected chi connectivity index (χ1v) is 9.23. The van der Waals surface area contributed by atoms with E-state index in [1.54, 1.807) is 25.2 Å². The Morgan fingerprint density at radius 3 is 3.00 bits per heavy atom. The number of benzene rings is 1. The van der Waals surface area contributed by atoms with Gasteiger partial charge in [0.2, 0.25) is 5.91 Å². The summed E-state index contributed by atoms with van der Waals surface area (Å²) in [6.45, 7) is 2.75. The van der Waals surface area contributed by atoms with Crippen LogP contribution >= 0.6 is 0 Å². The molecule has 7 heteroatoms. The Balaban J connectivity index is 1.72. The van der Waals surface area contributed by atoms with Gasteiger partial charge in [-0.1, -0.05) is 18.2 Å². The van der Waals surface area contributed by atoms with E-state index in [1.807, 2.05) is 35.0 Å². The van der Waals surface area contributed by atoms with Crippen molar-refractivity contribution in [3.63, 3.8) is 0 Å². The average molecular weight is 364 g/mol. The molecule has 0 saturated carbocycles. The van der Waals surface area contributed by atoms with Crippen LogP contribution in [0.15, 0.2) is 42.7 Å². The van der Waals surface area contributed by atoms with E-state index in [2.05, 4.69) is 21.0 Å². The summed E-state index contributed by atoms with van der Waals surface area (Å²) in [6.07, 6.45) is 5.13. The quantitative estimate of drug-likeness (QED) is 0.767. The van der Waals surface area contributed by atoms with Gasteiger partial charge in [-0.2, -0.15) is 5.10 Å². The molecular formula is C20H24N6O. The fourth-order valence-corrected chi connectivity index (χ4v) is 3.37. The zero-order valence-corrected chi connectivity index (χ0v) is 15.7. The third-order valence-electron chi connectivity index (χ3n) is 4.85. The molecule has 3 heterocycles. The first kappa shape index (κ1) is 17.5. The number of aromatic nitrogens is 4. The molecule has 0 saturated heterocycles. The van der Waals surface area contributed by atoms with E-state index in [1.165, 1.54) is 5.69 Å². The minimum absolute atomic E-state index is 0.0731. The summed E-state index contributed by atoms with van der Waals surface area (Å²) in [4.78, 5) is 18.4. The highest BCUT2D eigenvalue weighted by Crippen LogP contribution is 2.24. The maximum Gasteiger partial charge on any atom is 0.226 e. The van der Waals surface area contributed by atoms with Crippen molar-refractivity contribution in [1.29, 1.82) is 0 Å². The van der Waals surface area contributed by atoms with Crippen LogP contribution in [0.1, 0.15) is 17.7 Å². The van der Waals surface area contributed by atoms with Crippen LogP contribution < -0.4 is 5.32 Å². The molecule has 1 aliphatic rings. The number of fused-ring (bicyclic) bond motifs is 1. The fraction of sp³-hybridized carbons (Fsp3) is 0.350. The number of amides is 1. The van der Waals surface area contributed by atoms with E-state index in [-0.39, 0.29) is 5.91 Å². The number of rotatable bonds is 4. The molecule has 3 aromatic rings. The topological polar surface area (TPSA) is 68.0 Å². The number of hydrogen-bond acceptors (Lipinski definition) is 4. The number of aryl methyl sites for hydroxylation is 1. The highest BCUT2D eigenvalue weighted by Gasteiger charge is 2.18. The molecule has 0 unspecified atom stereocenters. The zero-order chi connectivity index (χ0) is 18.8. The first-order valence-electron chi connectivity index (χ1n) is 9.23. The number of carbonyl (C=O) groups is 1. The molecule has 1 amide bonds. The molecule has 1 aliphatic heterocycles. The van der Waals surface area contributed by atoms with Gasteiger partial charge in [0, 0.05) is 39.6 Å². The average Bonchev–Trinajstić information content (AvgIpc) is 3.24. The Bertz CT molecular complexity index is 932. The molecule has 27 heavy (non-hydrogen) atoms. The van der Waals surface area contributed by atoms with E-state index in [9.17, 15) is 4.79 Å².